The van der Waals surface area contributed by atoms with Gasteiger partial charge in [-0.15, -0.1) is 0 Å². The molecule has 0 spiro atoms. The molecule has 4 heteroatoms. The van der Waals surface area contributed by atoms with Crippen LogP contribution in [0, 0.1) is 6.92 Å². The Morgan fingerprint density at radius 3 is 2.81 bits per heavy atom. The second-order valence-corrected chi connectivity index (χ2v) is 4.54. The van der Waals surface area contributed by atoms with Gasteiger partial charge in [-0.05, 0) is 37.6 Å². The van der Waals surface area contributed by atoms with Crippen LogP contribution in [0.3, 0.4) is 0 Å². The molecule has 2 N–H and O–H groups in total. The average molecular weight is 285 g/mol. The zero-order valence-electron chi connectivity index (χ0n) is 9.64. The molecule has 0 aliphatic carbocycles. The number of rotatable bonds is 5. The molecule has 0 atom stereocenters. The summed E-state index contributed by atoms with van der Waals surface area (Å²) >= 11 is 3.43. The van der Waals surface area contributed by atoms with Crippen LogP contribution in [0.4, 0.5) is 5.69 Å². The quantitative estimate of drug-likeness (QED) is 0.817. The molecule has 1 aromatic rings. The van der Waals surface area contributed by atoms with E-state index >= 15 is 0 Å². The van der Waals surface area contributed by atoms with Gasteiger partial charge in [0, 0.05) is 10.2 Å². The molecule has 16 heavy (non-hydrogen) atoms. The highest BCUT2D eigenvalue weighted by atomic mass is 79.9. The maximum absolute atomic E-state index is 11.5. The number of amides is 1. The van der Waals surface area contributed by atoms with Crippen molar-refractivity contribution in [3.8, 4) is 0 Å². The van der Waals surface area contributed by atoms with Crippen molar-refractivity contribution < 1.29 is 4.79 Å². The lowest BCUT2D eigenvalue weighted by atomic mass is 10.2. The van der Waals surface area contributed by atoms with Crippen LogP contribution in [0.1, 0.15) is 18.9 Å². The van der Waals surface area contributed by atoms with Gasteiger partial charge in [-0.2, -0.15) is 0 Å². The molecule has 1 rings (SSSR count). The van der Waals surface area contributed by atoms with Crippen molar-refractivity contribution in [3.63, 3.8) is 0 Å². The van der Waals surface area contributed by atoms with E-state index in [1.54, 1.807) is 0 Å². The second kappa shape index (κ2) is 6.66. The van der Waals surface area contributed by atoms with Gasteiger partial charge in [0.1, 0.15) is 0 Å². The molecule has 3 nitrogen and oxygen atoms in total. The SMILES string of the molecule is CCCNCC(=O)Nc1ccc(C)c(Br)c1. The Labute approximate surface area is 105 Å². The van der Waals surface area contributed by atoms with Crippen LogP contribution >= 0.6 is 15.9 Å². The van der Waals surface area contributed by atoms with Crippen molar-refractivity contribution in [2.75, 3.05) is 18.4 Å². The normalized spacial score (nSPS) is 10.2. The molecule has 1 amide bonds. The van der Waals surface area contributed by atoms with E-state index in [4.69, 9.17) is 0 Å². The molecule has 1 aromatic carbocycles. The summed E-state index contributed by atoms with van der Waals surface area (Å²) in [4.78, 5) is 11.5. The highest BCUT2D eigenvalue weighted by Gasteiger charge is 2.02. The van der Waals surface area contributed by atoms with E-state index in [-0.39, 0.29) is 5.91 Å². The Kier molecular flexibility index (Phi) is 5.49. The molecule has 0 aromatic heterocycles. The number of nitrogens with one attached hydrogen (secondary N) is 2. The molecular weight excluding hydrogens is 268 g/mol. The predicted molar refractivity (Wildman–Crippen MR) is 70.7 cm³/mol. The maximum Gasteiger partial charge on any atom is 0.238 e. The van der Waals surface area contributed by atoms with Gasteiger partial charge in [0.05, 0.1) is 6.54 Å². The van der Waals surface area contributed by atoms with Gasteiger partial charge in [-0.1, -0.05) is 28.9 Å². The Bertz CT molecular complexity index is 366. The maximum atomic E-state index is 11.5. The van der Waals surface area contributed by atoms with Crippen molar-refractivity contribution >= 4 is 27.5 Å². The summed E-state index contributed by atoms with van der Waals surface area (Å²) in [5.41, 5.74) is 1.97. The van der Waals surface area contributed by atoms with E-state index in [2.05, 4.69) is 33.5 Å². The molecular formula is C12H17BrN2O. The van der Waals surface area contributed by atoms with Gasteiger partial charge in [-0.3, -0.25) is 4.79 Å². The van der Waals surface area contributed by atoms with Gasteiger partial charge in [0.2, 0.25) is 5.91 Å². The third-order valence-electron chi connectivity index (χ3n) is 2.17. The summed E-state index contributed by atoms with van der Waals surface area (Å²) in [7, 11) is 0. The fourth-order valence-corrected chi connectivity index (χ4v) is 1.63. The Morgan fingerprint density at radius 1 is 1.44 bits per heavy atom. The number of aryl methyl sites for hydroxylation is 1. The van der Waals surface area contributed by atoms with Gasteiger partial charge < -0.3 is 10.6 Å². The van der Waals surface area contributed by atoms with E-state index in [9.17, 15) is 4.79 Å². The molecule has 0 radical (unpaired) electrons. The summed E-state index contributed by atoms with van der Waals surface area (Å²) in [6.45, 7) is 5.31. The first kappa shape index (κ1) is 13.2. The number of hydrogen-bond donors (Lipinski definition) is 2. The van der Waals surface area contributed by atoms with Gasteiger partial charge in [0.25, 0.3) is 0 Å². The number of anilines is 1. The predicted octanol–water partition coefficient (Wildman–Crippen LogP) is 2.70. The van der Waals surface area contributed by atoms with Crippen LogP contribution < -0.4 is 10.6 Å². The lowest BCUT2D eigenvalue weighted by Crippen LogP contribution is -2.28. The highest BCUT2D eigenvalue weighted by molar-refractivity contribution is 9.10. The number of hydrogen-bond acceptors (Lipinski definition) is 2. The van der Waals surface area contributed by atoms with Gasteiger partial charge in [-0.25, -0.2) is 0 Å². The smallest absolute Gasteiger partial charge is 0.238 e. The third kappa shape index (κ3) is 4.33. The first-order valence-corrected chi connectivity index (χ1v) is 6.19. The van der Waals surface area contributed by atoms with Crippen molar-refractivity contribution in [3.05, 3.63) is 28.2 Å². The van der Waals surface area contributed by atoms with E-state index < -0.39 is 0 Å². The fraction of sp³-hybridized carbons (Fsp3) is 0.417. The minimum atomic E-state index is -0.01000. The van der Waals surface area contributed by atoms with Crippen molar-refractivity contribution in [2.45, 2.75) is 20.3 Å². The standard InChI is InChI=1S/C12H17BrN2O/c1-3-6-14-8-12(16)15-10-5-4-9(2)11(13)7-10/h4-5,7,14H,3,6,8H2,1-2H3,(H,15,16). The van der Waals surface area contributed by atoms with Crippen molar-refractivity contribution in [2.24, 2.45) is 0 Å². The first-order valence-electron chi connectivity index (χ1n) is 5.40. The fourth-order valence-electron chi connectivity index (χ4n) is 1.25. The molecule has 0 saturated heterocycles. The zero-order chi connectivity index (χ0) is 12.0. The van der Waals surface area contributed by atoms with E-state index in [1.807, 2.05) is 25.1 Å². The third-order valence-corrected chi connectivity index (χ3v) is 3.02. The zero-order valence-corrected chi connectivity index (χ0v) is 11.2. The topological polar surface area (TPSA) is 41.1 Å². The Morgan fingerprint density at radius 2 is 2.19 bits per heavy atom. The van der Waals surface area contributed by atoms with E-state index in [0.29, 0.717) is 6.54 Å². The minimum Gasteiger partial charge on any atom is -0.325 e. The molecule has 0 fully saturated rings. The molecule has 88 valence electrons. The largest absolute Gasteiger partial charge is 0.325 e. The second-order valence-electron chi connectivity index (χ2n) is 3.69. The molecule has 0 unspecified atom stereocenters. The minimum absolute atomic E-state index is 0.01000. The number of carbonyl (C=O) groups is 1. The molecule has 0 aliphatic heterocycles. The van der Waals surface area contributed by atoms with Gasteiger partial charge in [0.15, 0.2) is 0 Å². The van der Waals surface area contributed by atoms with Crippen molar-refractivity contribution in [1.29, 1.82) is 0 Å². The summed E-state index contributed by atoms with van der Waals surface area (Å²) in [5, 5.41) is 5.89. The Balaban J connectivity index is 2.46. The number of carbonyl (C=O) groups excluding carboxylic acids is 1. The van der Waals surface area contributed by atoms with Crippen LogP contribution in [0.25, 0.3) is 0 Å². The van der Waals surface area contributed by atoms with Crippen LogP contribution in [0.2, 0.25) is 0 Å². The summed E-state index contributed by atoms with van der Waals surface area (Å²) in [6, 6.07) is 5.78. The van der Waals surface area contributed by atoms with Gasteiger partial charge >= 0.3 is 0 Å². The van der Waals surface area contributed by atoms with E-state index in [0.717, 1.165) is 28.7 Å². The van der Waals surface area contributed by atoms with E-state index in [1.165, 1.54) is 0 Å². The molecule has 0 heterocycles. The summed E-state index contributed by atoms with van der Waals surface area (Å²) in [5.74, 6) is -0.01000. The van der Waals surface area contributed by atoms with Crippen LogP contribution in [0.5, 0.6) is 0 Å². The summed E-state index contributed by atoms with van der Waals surface area (Å²) < 4.78 is 1.01. The lowest BCUT2D eigenvalue weighted by Gasteiger charge is -2.07. The molecule has 0 saturated carbocycles. The van der Waals surface area contributed by atoms with Crippen LogP contribution in [0.15, 0.2) is 22.7 Å². The van der Waals surface area contributed by atoms with Crippen LogP contribution in [-0.2, 0) is 4.79 Å². The van der Waals surface area contributed by atoms with Crippen LogP contribution in [-0.4, -0.2) is 19.0 Å². The monoisotopic (exact) mass is 284 g/mol. The highest BCUT2D eigenvalue weighted by Crippen LogP contribution is 2.20. The number of halogens is 1. The average Bonchev–Trinajstić information content (AvgIpc) is 2.24. The Hall–Kier alpha value is -0.870. The summed E-state index contributed by atoms with van der Waals surface area (Å²) in [6.07, 6.45) is 1.03. The first-order chi connectivity index (χ1) is 7.63. The van der Waals surface area contributed by atoms with Crippen molar-refractivity contribution in [1.82, 2.24) is 5.32 Å². The lowest BCUT2D eigenvalue weighted by molar-refractivity contribution is -0.115. The number of benzene rings is 1. The molecule has 0 bridgehead atoms. The molecule has 0 aliphatic rings.